The number of carbonyl (C=O) groups is 2. The maximum Gasteiger partial charge on any atom is 0.328 e. The van der Waals surface area contributed by atoms with E-state index in [1.165, 1.54) is 13.8 Å². The van der Waals surface area contributed by atoms with Crippen LogP contribution in [-0.2, 0) is 20.9 Å². The number of halogens is 1. The highest BCUT2D eigenvalue weighted by molar-refractivity contribution is 6.30. The Hall–Kier alpha value is -2.41. The fourth-order valence-electron chi connectivity index (χ4n) is 1.64. The standard InChI is InChI=1S/C14H14ClN3O4/c1-8(16-9(2)19)14(20)21-7-12-17-18-13(22-12)10-3-5-11(15)6-4-10/h3-6,8H,7H2,1-2H3,(H,16,19). The third-order valence-electron chi connectivity index (χ3n) is 2.67. The fraction of sp³-hybridized carbons (Fsp3) is 0.286. The molecule has 1 heterocycles. The summed E-state index contributed by atoms with van der Waals surface area (Å²) in [5.74, 6) is -0.431. The molecule has 22 heavy (non-hydrogen) atoms. The Morgan fingerprint density at radius 3 is 2.64 bits per heavy atom. The Morgan fingerprint density at radius 1 is 1.32 bits per heavy atom. The highest BCUT2D eigenvalue weighted by Gasteiger charge is 2.17. The molecule has 0 aliphatic carbocycles. The summed E-state index contributed by atoms with van der Waals surface area (Å²) < 4.78 is 10.4. The highest BCUT2D eigenvalue weighted by atomic mass is 35.5. The van der Waals surface area contributed by atoms with Gasteiger partial charge in [-0.3, -0.25) is 4.79 Å². The molecule has 2 aromatic rings. The van der Waals surface area contributed by atoms with E-state index in [9.17, 15) is 9.59 Å². The minimum atomic E-state index is -0.740. The van der Waals surface area contributed by atoms with Gasteiger partial charge in [0.2, 0.25) is 11.8 Å². The molecule has 0 bridgehead atoms. The third kappa shape index (κ3) is 4.29. The lowest BCUT2D eigenvalue weighted by atomic mass is 10.2. The molecule has 1 N–H and O–H groups in total. The molecule has 1 aromatic carbocycles. The molecule has 8 heteroatoms. The van der Waals surface area contributed by atoms with Gasteiger partial charge in [-0.2, -0.15) is 0 Å². The van der Waals surface area contributed by atoms with E-state index in [1.807, 2.05) is 0 Å². The van der Waals surface area contributed by atoms with Crippen LogP contribution in [0, 0.1) is 0 Å². The first-order chi connectivity index (χ1) is 10.5. The zero-order valence-corrected chi connectivity index (χ0v) is 12.8. The van der Waals surface area contributed by atoms with Crippen LogP contribution in [0.5, 0.6) is 0 Å². The molecule has 7 nitrogen and oxygen atoms in total. The van der Waals surface area contributed by atoms with Crippen molar-refractivity contribution >= 4 is 23.5 Å². The summed E-state index contributed by atoms with van der Waals surface area (Å²) in [5, 5.41) is 10.7. The van der Waals surface area contributed by atoms with Crippen LogP contribution in [0.4, 0.5) is 0 Å². The highest BCUT2D eigenvalue weighted by Crippen LogP contribution is 2.20. The largest absolute Gasteiger partial charge is 0.454 e. The van der Waals surface area contributed by atoms with Crippen LogP contribution in [0.25, 0.3) is 11.5 Å². The SMILES string of the molecule is CC(=O)NC(C)C(=O)OCc1nnc(-c2ccc(Cl)cc2)o1. The number of nitrogens with one attached hydrogen (secondary N) is 1. The van der Waals surface area contributed by atoms with Gasteiger partial charge in [-0.1, -0.05) is 11.6 Å². The summed E-state index contributed by atoms with van der Waals surface area (Å²) in [6.07, 6.45) is 0. The number of hydrogen-bond acceptors (Lipinski definition) is 6. The van der Waals surface area contributed by atoms with E-state index < -0.39 is 12.0 Å². The lowest BCUT2D eigenvalue weighted by molar-refractivity contribution is -0.149. The fourth-order valence-corrected chi connectivity index (χ4v) is 1.77. The predicted molar refractivity (Wildman–Crippen MR) is 77.8 cm³/mol. The molecule has 0 aliphatic rings. The van der Waals surface area contributed by atoms with Gasteiger partial charge >= 0.3 is 5.97 Å². The van der Waals surface area contributed by atoms with Crippen molar-refractivity contribution in [1.29, 1.82) is 0 Å². The van der Waals surface area contributed by atoms with E-state index in [-0.39, 0.29) is 18.4 Å². The van der Waals surface area contributed by atoms with Gasteiger partial charge in [0.25, 0.3) is 5.89 Å². The zero-order valence-electron chi connectivity index (χ0n) is 12.0. The molecule has 1 aromatic heterocycles. The lowest BCUT2D eigenvalue weighted by Crippen LogP contribution is -2.38. The van der Waals surface area contributed by atoms with Gasteiger partial charge in [0.05, 0.1) is 0 Å². The number of hydrogen-bond donors (Lipinski definition) is 1. The second-order valence-electron chi connectivity index (χ2n) is 4.54. The minimum absolute atomic E-state index is 0.160. The Balaban J connectivity index is 1.93. The van der Waals surface area contributed by atoms with Gasteiger partial charge in [0, 0.05) is 17.5 Å². The molecule has 2 rings (SSSR count). The van der Waals surface area contributed by atoms with Crippen molar-refractivity contribution in [1.82, 2.24) is 15.5 Å². The number of benzene rings is 1. The number of rotatable bonds is 5. The van der Waals surface area contributed by atoms with Crippen LogP contribution in [0.2, 0.25) is 5.02 Å². The van der Waals surface area contributed by atoms with Crippen molar-refractivity contribution in [3.05, 3.63) is 35.2 Å². The molecule has 1 unspecified atom stereocenters. The van der Waals surface area contributed by atoms with Gasteiger partial charge in [-0.15, -0.1) is 10.2 Å². The quantitative estimate of drug-likeness (QED) is 0.845. The third-order valence-corrected chi connectivity index (χ3v) is 2.92. The molecule has 0 aliphatic heterocycles. The molecular weight excluding hydrogens is 310 g/mol. The Kier molecular flexibility index (Phi) is 5.11. The summed E-state index contributed by atoms with van der Waals surface area (Å²) in [7, 11) is 0. The van der Waals surface area contributed by atoms with Crippen molar-refractivity contribution in [2.45, 2.75) is 26.5 Å². The van der Waals surface area contributed by atoms with Crippen LogP contribution < -0.4 is 5.32 Å². The number of esters is 1. The molecule has 1 amide bonds. The number of ether oxygens (including phenoxy) is 1. The monoisotopic (exact) mass is 323 g/mol. The summed E-state index contributed by atoms with van der Waals surface area (Å²) in [5.41, 5.74) is 0.709. The number of carbonyl (C=O) groups excluding carboxylic acids is 2. The van der Waals surface area contributed by atoms with Crippen molar-refractivity contribution in [2.24, 2.45) is 0 Å². The molecule has 0 saturated carbocycles. The normalized spacial score (nSPS) is 11.8. The molecule has 0 spiro atoms. The summed E-state index contributed by atoms with van der Waals surface area (Å²) in [6, 6.07) is 6.15. The predicted octanol–water partition coefficient (Wildman–Crippen LogP) is 1.96. The van der Waals surface area contributed by atoms with Gasteiger partial charge in [-0.25, -0.2) is 4.79 Å². The first kappa shape index (κ1) is 16.0. The smallest absolute Gasteiger partial charge is 0.328 e. The van der Waals surface area contributed by atoms with E-state index in [0.717, 1.165) is 0 Å². The number of amides is 1. The Bertz CT molecular complexity index is 669. The zero-order chi connectivity index (χ0) is 16.1. The summed E-state index contributed by atoms with van der Waals surface area (Å²) in [6.45, 7) is 2.68. The van der Waals surface area contributed by atoms with Gasteiger partial charge < -0.3 is 14.5 Å². The van der Waals surface area contributed by atoms with Crippen LogP contribution in [0.1, 0.15) is 19.7 Å². The van der Waals surface area contributed by atoms with Crippen molar-refractivity contribution in [3.63, 3.8) is 0 Å². The van der Waals surface area contributed by atoms with Crippen molar-refractivity contribution < 1.29 is 18.7 Å². The van der Waals surface area contributed by atoms with E-state index >= 15 is 0 Å². The number of nitrogens with zero attached hydrogens (tertiary/aromatic N) is 2. The molecule has 0 radical (unpaired) electrons. The average molecular weight is 324 g/mol. The van der Waals surface area contributed by atoms with Gasteiger partial charge in [0.1, 0.15) is 6.04 Å². The molecule has 116 valence electrons. The van der Waals surface area contributed by atoms with Crippen LogP contribution in [0.3, 0.4) is 0 Å². The van der Waals surface area contributed by atoms with Crippen LogP contribution in [-0.4, -0.2) is 28.1 Å². The molecule has 0 saturated heterocycles. The Labute approximate surface area is 131 Å². The van der Waals surface area contributed by atoms with Crippen LogP contribution in [0.15, 0.2) is 28.7 Å². The maximum absolute atomic E-state index is 11.6. The van der Waals surface area contributed by atoms with Gasteiger partial charge in [0.15, 0.2) is 6.61 Å². The van der Waals surface area contributed by atoms with E-state index in [4.69, 9.17) is 20.8 Å². The number of aromatic nitrogens is 2. The first-order valence-electron chi connectivity index (χ1n) is 6.48. The average Bonchev–Trinajstić information content (AvgIpc) is 2.93. The maximum atomic E-state index is 11.6. The molecule has 0 fully saturated rings. The Morgan fingerprint density at radius 2 is 2.00 bits per heavy atom. The second-order valence-corrected chi connectivity index (χ2v) is 4.97. The van der Waals surface area contributed by atoms with Crippen LogP contribution >= 0.6 is 11.6 Å². The molecule has 1 atom stereocenters. The van der Waals surface area contributed by atoms with Crippen molar-refractivity contribution in [2.75, 3.05) is 0 Å². The summed E-state index contributed by atoms with van der Waals surface area (Å²) in [4.78, 5) is 22.5. The molecular formula is C14H14ClN3O4. The van der Waals surface area contributed by atoms with Crippen molar-refractivity contribution in [3.8, 4) is 11.5 Å². The van der Waals surface area contributed by atoms with E-state index in [0.29, 0.717) is 16.5 Å². The van der Waals surface area contributed by atoms with E-state index in [1.54, 1.807) is 24.3 Å². The lowest BCUT2D eigenvalue weighted by Gasteiger charge is -2.10. The summed E-state index contributed by atoms with van der Waals surface area (Å²) >= 11 is 5.80. The van der Waals surface area contributed by atoms with E-state index in [2.05, 4.69) is 15.5 Å². The first-order valence-corrected chi connectivity index (χ1v) is 6.85. The minimum Gasteiger partial charge on any atom is -0.454 e. The second kappa shape index (κ2) is 7.04. The topological polar surface area (TPSA) is 94.3 Å². The van der Waals surface area contributed by atoms with Gasteiger partial charge in [-0.05, 0) is 31.2 Å².